The van der Waals surface area contributed by atoms with E-state index < -0.39 is 17.7 Å². The van der Waals surface area contributed by atoms with Gasteiger partial charge in [0.25, 0.3) is 0 Å². The number of rotatable bonds is 9. The number of ether oxygens (including phenoxy) is 3. The molecule has 3 aliphatic rings. The van der Waals surface area contributed by atoms with Gasteiger partial charge in [0.1, 0.15) is 17.7 Å². The third-order valence-corrected chi connectivity index (χ3v) is 9.49. The summed E-state index contributed by atoms with van der Waals surface area (Å²) in [6.07, 6.45) is 4.88. The number of fused-ring (bicyclic) bond motifs is 1. The van der Waals surface area contributed by atoms with Crippen LogP contribution < -0.4 is 9.47 Å². The Morgan fingerprint density at radius 2 is 1.98 bits per heavy atom. The summed E-state index contributed by atoms with van der Waals surface area (Å²) in [6.45, 7) is 8.86. The van der Waals surface area contributed by atoms with Crippen LogP contribution in [0.3, 0.4) is 0 Å². The van der Waals surface area contributed by atoms with E-state index >= 15 is 4.39 Å². The van der Waals surface area contributed by atoms with Crippen molar-refractivity contribution in [2.45, 2.75) is 70.6 Å². The number of nitrogens with zero attached hydrogens (tertiary/aromatic N) is 2. The quantitative estimate of drug-likeness (QED) is 0.295. The third kappa shape index (κ3) is 6.13. The van der Waals surface area contributed by atoms with Gasteiger partial charge in [-0.3, -0.25) is 9.69 Å². The molecule has 1 saturated carbocycles. The summed E-state index contributed by atoms with van der Waals surface area (Å²) < 4.78 is 32.9. The number of hydrogen-bond acceptors (Lipinski definition) is 6. The highest BCUT2D eigenvalue weighted by Crippen LogP contribution is 2.48. The summed E-state index contributed by atoms with van der Waals surface area (Å²) in [5.74, 6) is -0.00146. The zero-order valence-corrected chi connectivity index (χ0v) is 25.4. The first-order valence-corrected chi connectivity index (χ1v) is 15.3. The molecule has 3 aromatic rings. The van der Waals surface area contributed by atoms with E-state index in [1.807, 2.05) is 19.1 Å². The van der Waals surface area contributed by atoms with Crippen molar-refractivity contribution in [3.8, 4) is 22.8 Å². The number of methoxy groups -OCH3 is 1. The van der Waals surface area contributed by atoms with Gasteiger partial charge in [-0.25, -0.2) is 9.37 Å². The number of halogens is 1. The molecule has 0 bridgehead atoms. The van der Waals surface area contributed by atoms with Crippen LogP contribution in [0.5, 0.6) is 11.6 Å². The Labute approximate surface area is 253 Å². The van der Waals surface area contributed by atoms with Crippen molar-refractivity contribution in [3.63, 3.8) is 0 Å². The maximum absolute atomic E-state index is 15.2. The van der Waals surface area contributed by atoms with Crippen molar-refractivity contribution in [1.82, 2.24) is 9.88 Å². The zero-order valence-electron chi connectivity index (χ0n) is 25.4. The van der Waals surface area contributed by atoms with Crippen molar-refractivity contribution >= 4 is 5.97 Å². The van der Waals surface area contributed by atoms with E-state index in [0.717, 1.165) is 65.8 Å². The van der Waals surface area contributed by atoms with E-state index in [1.165, 1.54) is 13.3 Å². The molecule has 2 aromatic carbocycles. The number of aromatic nitrogens is 1. The standard InChI is InChI=1S/C35H41FN2O5/c1-21(34(39)40)33(23-6-7-23)25-8-5-22-10-12-30(43-31(22)16-25)24-9-11-27(28-17-32(41-4)37-18-29(28)36)26(15-24)19-38-13-14-42-20-35(38,2)3/h5,8-9,11,15-18,21,23,30,33H,6-7,10,12-14,19-20H2,1-4H3,(H,39,40)/t21-,30?,33?/m0/s1. The molecular formula is C35H41FN2O5. The fourth-order valence-electron chi connectivity index (χ4n) is 6.74. The molecule has 2 unspecified atom stereocenters. The molecule has 1 N–H and O–H groups in total. The number of carboxylic acids is 1. The van der Waals surface area contributed by atoms with Crippen molar-refractivity contribution in [3.05, 3.63) is 76.7 Å². The summed E-state index contributed by atoms with van der Waals surface area (Å²) in [5.41, 5.74) is 5.34. The van der Waals surface area contributed by atoms with Gasteiger partial charge in [0.2, 0.25) is 5.88 Å². The number of aliphatic carboxylic acids is 1. The third-order valence-electron chi connectivity index (χ3n) is 9.49. The highest BCUT2D eigenvalue weighted by Gasteiger charge is 2.39. The number of benzene rings is 2. The van der Waals surface area contributed by atoms with Crippen LogP contribution in [0.25, 0.3) is 11.1 Å². The van der Waals surface area contributed by atoms with Crippen molar-refractivity contribution < 1.29 is 28.5 Å². The predicted molar refractivity (Wildman–Crippen MR) is 162 cm³/mol. The predicted octanol–water partition coefficient (Wildman–Crippen LogP) is 6.79. The van der Waals surface area contributed by atoms with Gasteiger partial charge in [0, 0.05) is 30.3 Å². The van der Waals surface area contributed by atoms with E-state index in [1.54, 1.807) is 6.07 Å². The zero-order chi connectivity index (χ0) is 30.3. The average Bonchev–Trinajstić information content (AvgIpc) is 3.83. The van der Waals surface area contributed by atoms with Crippen LogP contribution in [-0.4, -0.2) is 53.4 Å². The topological polar surface area (TPSA) is 81.1 Å². The van der Waals surface area contributed by atoms with E-state index in [-0.39, 0.29) is 17.6 Å². The Bertz CT molecular complexity index is 1500. The van der Waals surface area contributed by atoms with Gasteiger partial charge in [0.05, 0.1) is 32.4 Å². The minimum atomic E-state index is -0.757. The Morgan fingerprint density at radius 3 is 2.70 bits per heavy atom. The molecule has 2 fully saturated rings. The molecule has 0 amide bonds. The summed E-state index contributed by atoms with van der Waals surface area (Å²) in [5, 5.41) is 9.77. The van der Waals surface area contributed by atoms with Gasteiger partial charge >= 0.3 is 5.97 Å². The highest BCUT2D eigenvalue weighted by molar-refractivity contribution is 5.71. The van der Waals surface area contributed by atoms with Crippen LogP contribution in [0.15, 0.2) is 48.7 Å². The fourth-order valence-corrected chi connectivity index (χ4v) is 6.74. The first kappa shape index (κ1) is 29.6. The molecule has 3 heterocycles. The van der Waals surface area contributed by atoms with E-state index in [9.17, 15) is 9.90 Å². The summed E-state index contributed by atoms with van der Waals surface area (Å²) in [7, 11) is 1.53. The van der Waals surface area contributed by atoms with Gasteiger partial charge in [-0.2, -0.15) is 0 Å². The van der Waals surface area contributed by atoms with Gasteiger partial charge < -0.3 is 19.3 Å². The molecule has 1 saturated heterocycles. The van der Waals surface area contributed by atoms with Crippen LogP contribution in [0.4, 0.5) is 4.39 Å². The molecule has 0 radical (unpaired) electrons. The first-order valence-electron chi connectivity index (χ1n) is 15.3. The molecule has 3 atom stereocenters. The van der Waals surface area contributed by atoms with Gasteiger partial charge in [0.15, 0.2) is 0 Å². The SMILES string of the molecule is COc1cc(-c2ccc(C3CCc4ccc(C(C5CC5)[C@H](C)C(=O)O)cc4O3)cc2CN2CCOCC2(C)C)c(F)cn1. The molecule has 2 aliphatic heterocycles. The average molecular weight is 589 g/mol. The lowest BCUT2D eigenvalue weighted by Crippen LogP contribution is -2.52. The number of carbonyl (C=O) groups is 1. The lowest BCUT2D eigenvalue weighted by Gasteiger charge is -2.42. The molecule has 7 nitrogen and oxygen atoms in total. The van der Waals surface area contributed by atoms with Crippen LogP contribution >= 0.6 is 0 Å². The van der Waals surface area contributed by atoms with Crippen molar-refractivity contribution in [2.75, 3.05) is 26.9 Å². The van der Waals surface area contributed by atoms with Gasteiger partial charge in [-0.1, -0.05) is 37.3 Å². The Kier molecular flexibility index (Phi) is 8.18. The Balaban J connectivity index is 1.34. The van der Waals surface area contributed by atoms with E-state index in [0.29, 0.717) is 37.1 Å². The lowest BCUT2D eigenvalue weighted by molar-refractivity contribution is -0.142. The minimum absolute atomic E-state index is 0.0122. The molecular weight excluding hydrogens is 547 g/mol. The maximum atomic E-state index is 15.2. The maximum Gasteiger partial charge on any atom is 0.306 e. The second-order valence-electron chi connectivity index (χ2n) is 12.9. The normalized spacial score (nSPS) is 21.4. The van der Waals surface area contributed by atoms with Gasteiger partial charge in [-0.15, -0.1) is 0 Å². The summed E-state index contributed by atoms with van der Waals surface area (Å²) in [6, 6.07) is 14.1. The second-order valence-corrected chi connectivity index (χ2v) is 12.9. The number of hydrogen-bond donors (Lipinski definition) is 1. The Hall–Kier alpha value is -3.49. The Morgan fingerprint density at radius 1 is 1.16 bits per heavy atom. The minimum Gasteiger partial charge on any atom is -0.485 e. The van der Waals surface area contributed by atoms with Gasteiger partial charge in [-0.05, 0) is 85.3 Å². The number of pyridine rings is 1. The molecule has 8 heteroatoms. The second kappa shape index (κ2) is 11.9. The number of morpholine rings is 1. The molecule has 43 heavy (non-hydrogen) atoms. The molecule has 0 spiro atoms. The molecule has 1 aromatic heterocycles. The van der Waals surface area contributed by atoms with E-state index in [4.69, 9.17) is 14.2 Å². The number of carboxylic acid groups (broad SMARTS) is 1. The van der Waals surface area contributed by atoms with Crippen LogP contribution in [0.1, 0.15) is 74.3 Å². The molecule has 1 aliphatic carbocycles. The van der Waals surface area contributed by atoms with Crippen LogP contribution in [-0.2, 0) is 22.5 Å². The fraction of sp³-hybridized carbons (Fsp3) is 0.486. The molecule has 6 rings (SSSR count). The monoisotopic (exact) mass is 588 g/mol. The van der Waals surface area contributed by atoms with Crippen LogP contribution in [0.2, 0.25) is 0 Å². The van der Waals surface area contributed by atoms with Crippen LogP contribution in [0, 0.1) is 17.7 Å². The first-order chi connectivity index (χ1) is 20.6. The smallest absolute Gasteiger partial charge is 0.306 e. The largest absolute Gasteiger partial charge is 0.485 e. The summed E-state index contributed by atoms with van der Waals surface area (Å²) >= 11 is 0. The number of aryl methyl sites for hydroxylation is 1. The molecule has 228 valence electrons. The highest BCUT2D eigenvalue weighted by atomic mass is 19.1. The lowest BCUT2D eigenvalue weighted by atomic mass is 9.82. The van der Waals surface area contributed by atoms with Crippen molar-refractivity contribution in [1.29, 1.82) is 0 Å². The summed E-state index contributed by atoms with van der Waals surface area (Å²) in [4.78, 5) is 18.3. The van der Waals surface area contributed by atoms with Crippen molar-refractivity contribution in [2.24, 2.45) is 11.8 Å². The van der Waals surface area contributed by atoms with E-state index in [2.05, 4.69) is 48.0 Å².